The number of nitrogens with zero attached hydrogens (tertiary/aromatic N) is 1. The number of carbonyl (C=O) groups is 1. The molecule has 1 heterocycles. The first-order chi connectivity index (χ1) is 14.3. The molecule has 1 amide bonds. The van der Waals surface area contributed by atoms with Gasteiger partial charge in [0.05, 0.1) is 10.0 Å². The lowest BCUT2D eigenvalue weighted by atomic mass is 9.98. The van der Waals surface area contributed by atoms with Crippen molar-refractivity contribution in [1.82, 2.24) is 9.62 Å². The highest BCUT2D eigenvalue weighted by Crippen LogP contribution is 2.29. The summed E-state index contributed by atoms with van der Waals surface area (Å²) in [5.74, 6) is 0.361. The predicted octanol–water partition coefficient (Wildman–Crippen LogP) is 4.53. The molecule has 1 aliphatic rings. The zero-order valence-electron chi connectivity index (χ0n) is 16.9. The summed E-state index contributed by atoms with van der Waals surface area (Å²) in [6.07, 6.45) is 2.75. The van der Waals surface area contributed by atoms with Crippen molar-refractivity contribution in [3.8, 4) is 0 Å². The number of rotatable bonds is 7. The van der Waals surface area contributed by atoms with E-state index in [2.05, 4.69) is 11.6 Å². The van der Waals surface area contributed by atoms with E-state index in [-0.39, 0.29) is 20.8 Å². The van der Waals surface area contributed by atoms with Crippen LogP contribution in [0.5, 0.6) is 0 Å². The lowest BCUT2D eigenvalue weighted by Gasteiger charge is -2.33. The molecule has 162 valence electrons. The lowest BCUT2D eigenvalue weighted by molar-refractivity contribution is -0.134. The molecule has 3 rings (SSSR count). The van der Waals surface area contributed by atoms with Gasteiger partial charge in [-0.25, -0.2) is 8.42 Å². The van der Waals surface area contributed by atoms with Gasteiger partial charge >= 0.3 is 0 Å². The van der Waals surface area contributed by atoms with Gasteiger partial charge in [-0.2, -0.15) is 4.72 Å². The van der Waals surface area contributed by atoms with Crippen LogP contribution in [0.15, 0.2) is 53.4 Å². The third kappa shape index (κ3) is 5.76. The molecule has 0 aromatic heterocycles. The maximum Gasteiger partial charge on any atom is 0.244 e. The van der Waals surface area contributed by atoms with Crippen molar-refractivity contribution < 1.29 is 13.2 Å². The molecule has 1 saturated heterocycles. The van der Waals surface area contributed by atoms with Crippen molar-refractivity contribution in [3.05, 3.63) is 64.1 Å². The number of hydrogen-bond donors (Lipinski definition) is 1. The van der Waals surface area contributed by atoms with Gasteiger partial charge in [0.1, 0.15) is 10.9 Å². The normalized spacial score (nSPS) is 16.4. The number of sulfonamides is 1. The smallest absolute Gasteiger partial charge is 0.244 e. The molecule has 8 heteroatoms. The van der Waals surface area contributed by atoms with Gasteiger partial charge in [-0.1, -0.05) is 66.5 Å². The minimum absolute atomic E-state index is 0.0241. The van der Waals surface area contributed by atoms with Crippen LogP contribution in [0.2, 0.25) is 10.0 Å². The van der Waals surface area contributed by atoms with Crippen molar-refractivity contribution in [2.75, 3.05) is 13.1 Å². The van der Waals surface area contributed by atoms with Crippen molar-refractivity contribution in [1.29, 1.82) is 0 Å². The first-order valence-electron chi connectivity index (χ1n) is 10.1. The second kappa shape index (κ2) is 10.1. The second-order valence-electron chi connectivity index (χ2n) is 7.76. The number of nitrogens with one attached hydrogen (secondary N) is 1. The summed E-state index contributed by atoms with van der Waals surface area (Å²) in [5.41, 5.74) is 1.04. The number of amides is 1. The highest BCUT2D eigenvalue weighted by molar-refractivity contribution is 7.89. The van der Waals surface area contributed by atoms with Gasteiger partial charge in [0.15, 0.2) is 0 Å². The van der Waals surface area contributed by atoms with Crippen LogP contribution < -0.4 is 4.72 Å². The molecule has 2 aromatic rings. The number of aryl methyl sites for hydroxylation is 1. The highest BCUT2D eigenvalue weighted by atomic mass is 35.5. The molecule has 30 heavy (non-hydrogen) atoms. The predicted molar refractivity (Wildman–Crippen MR) is 120 cm³/mol. The number of halogens is 2. The van der Waals surface area contributed by atoms with E-state index < -0.39 is 16.1 Å². The zero-order valence-corrected chi connectivity index (χ0v) is 19.2. The Kier molecular flexibility index (Phi) is 7.80. The van der Waals surface area contributed by atoms with Gasteiger partial charge in [-0.15, -0.1) is 0 Å². The van der Waals surface area contributed by atoms with Crippen LogP contribution >= 0.6 is 23.2 Å². The summed E-state index contributed by atoms with van der Waals surface area (Å²) in [6, 6.07) is 13.3. The van der Waals surface area contributed by atoms with Gasteiger partial charge in [0.25, 0.3) is 0 Å². The molecule has 1 atom stereocenters. The van der Waals surface area contributed by atoms with E-state index in [4.69, 9.17) is 23.2 Å². The maximum atomic E-state index is 13.2. The number of benzene rings is 2. The summed E-state index contributed by atoms with van der Waals surface area (Å²) in [7, 11) is -4.08. The van der Waals surface area contributed by atoms with Crippen LogP contribution in [0.4, 0.5) is 0 Å². The van der Waals surface area contributed by atoms with E-state index in [0.29, 0.717) is 31.8 Å². The Labute approximate surface area is 188 Å². The largest absolute Gasteiger partial charge is 0.341 e. The van der Waals surface area contributed by atoms with Crippen molar-refractivity contribution in [3.63, 3.8) is 0 Å². The van der Waals surface area contributed by atoms with E-state index in [9.17, 15) is 13.2 Å². The van der Waals surface area contributed by atoms with Crippen LogP contribution in [0.1, 0.15) is 31.7 Å². The van der Waals surface area contributed by atoms with E-state index in [1.54, 1.807) is 11.0 Å². The molecule has 1 fully saturated rings. The Morgan fingerprint density at radius 3 is 2.27 bits per heavy atom. The van der Waals surface area contributed by atoms with Crippen LogP contribution in [-0.2, 0) is 21.2 Å². The zero-order chi connectivity index (χ0) is 21.7. The van der Waals surface area contributed by atoms with E-state index >= 15 is 0 Å². The number of piperidine rings is 1. The fraction of sp³-hybridized carbons (Fsp3) is 0.409. The average Bonchev–Trinajstić information content (AvgIpc) is 2.71. The monoisotopic (exact) mass is 468 g/mol. The van der Waals surface area contributed by atoms with Gasteiger partial charge in [0, 0.05) is 13.1 Å². The Hall–Kier alpha value is -1.60. The summed E-state index contributed by atoms with van der Waals surface area (Å²) in [4.78, 5) is 14.8. The minimum atomic E-state index is -4.08. The molecule has 1 N–H and O–H groups in total. The Bertz CT molecular complexity index is 955. The van der Waals surface area contributed by atoms with Crippen molar-refractivity contribution in [2.45, 2.75) is 43.5 Å². The van der Waals surface area contributed by atoms with Crippen LogP contribution in [0.3, 0.4) is 0 Å². The van der Waals surface area contributed by atoms with Crippen molar-refractivity contribution >= 4 is 39.1 Å². The van der Waals surface area contributed by atoms with E-state index in [1.165, 1.54) is 12.1 Å². The number of hydrogen-bond acceptors (Lipinski definition) is 3. The molecular weight excluding hydrogens is 443 g/mol. The second-order valence-corrected chi connectivity index (χ2v) is 10.2. The third-order valence-corrected chi connectivity index (χ3v) is 7.87. The topological polar surface area (TPSA) is 66.5 Å². The molecule has 0 spiro atoms. The Morgan fingerprint density at radius 1 is 1.07 bits per heavy atom. The molecule has 0 radical (unpaired) electrons. The average molecular weight is 469 g/mol. The first-order valence-corrected chi connectivity index (χ1v) is 12.3. The quantitative estimate of drug-likeness (QED) is 0.648. The standard InChI is InChI=1S/C22H26Cl2N2O3S/c1-16-12-14-26(15-13-16)22(27)20(11-10-17-6-3-2-4-7-17)25-30(28,29)21-18(23)8-5-9-19(21)24/h2-9,16,20,25H,10-15H2,1H3/t20-/m1/s1. The van der Waals surface area contributed by atoms with Gasteiger partial charge < -0.3 is 4.90 Å². The fourth-order valence-corrected chi connectivity index (χ4v) is 5.99. The maximum absolute atomic E-state index is 13.2. The lowest BCUT2D eigenvalue weighted by Crippen LogP contribution is -2.50. The Balaban J connectivity index is 1.83. The molecule has 0 saturated carbocycles. The first kappa shape index (κ1) is 23.1. The molecular formula is C22H26Cl2N2O3S. The Morgan fingerprint density at radius 2 is 1.67 bits per heavy atom. The molecule has 2 aromatic carbocycles. The highest BCUT2D eigenvalue weighted by Gasteiger charge is 2.32. The van der Waals surface area contributed by atoms with E-state index in [1.807, 2.05) is 30.3 Å². The summed E-state index contributed by atoms with van der Waals surface area (Å²) < 4.78 is 28.8. The van der Waals surface area contributed by atoms with Gasteiger partial charge in [-0.05, 0) is 49.3 Å². The summed E-state index contributed by atoms with van der Waals surface area (Å²) >= 11 is 12.2. The minimum Gasteiger partial charge on any atom is -0.341 e. The SMILES string of the molecule is CC1CCN(C(=O)[C@@H](CCc2ccccc2)NS(=O)(=O)c2c(Cl)cccc2Cl)CC1. The number of carbonyl (C=O) groups excluding carboxylic acids is 1. The summed E-state index contributed by atoms with van der Waals surface area (Å²) in [6.45, 7) is 3.43. The van der Waals surface area contributed by atoms with Crippen LogP contribution in [0.25, 0.3) is 0 Å². The molecule has 0 aliphatic carbocycles. The van der Waals surface area contributed by atoms with Crippen LogP contribution in [-0.4, -0.2) is 38.4 Å². The molecule has 0 bridgehead atoms. The fourth-order valence-electron chi connectivity index (χ4n) is 3.62. The van der Waals surface area contributed by atoms with Crippen molar-refractivity contribution in [2.24, 2.45) is 5.92 Å². The number of likely N-dealkylation sites (tertiary alicyclic amines) is 1. The van der Waals surface area contributed by atoms with Gasteiger partial charge in [0.2, 0.25) is 15.9 Å². The molecule has 1 aliphatic heterocycles. The van der Waals surface area contributed by atoms with Gasteiger partial charge in [-0.3, -0.25) is 4.79 Å². The van der Waals surface area contributed by atoms with Crippen LogP contribution in [0, 0.1) is 5.92 Å². The summed E-state index contributed by atoms with van der Waals surface area (Å²) in [5, 5.41) is 0.0483. The third-order valence-electron chi connectivity index (χ3n) is 5.44. The molecule has 5 nitrogen and oxygen atoms in total. The molecule has 0 unspecified atom stereocenters. The van der Waals surface area contributed by atoms with E-state index in [0.717, 1.165) is 18.4 Å².